The lowest BCUT2D eigenvalue weighted by Gasteiger charge is -1.96. The van der Waals surface area contributed by atoms with E-state index in [0.717, 1.165) is 26.0 Å². The molecule has 0 N–H and O–H groups in total. The van der Waals surface area contributed by atoms with Gasteiger partial charge in [-0.1, -0.05) is 54.1 Å². The van der Waals surface area contributed by atoms with E-state index in [1.165, 1.54) is 0 Å². The Morgan fingerprint density at radius 1 is 0.889 bits per heavy atom. The first-order valence-corrected chi connectivity index (χ1v) is 6.72. The molecule has 1 radical (unpaired) electrons. The second kappa shape index (κ2) is 4.92. The van der Waals surface area contributed by atoms with E-state index in [-0.39, 0.29) is 0 Å². The van der Waals surface area contributed by atoms with Gasteiger partial charge in [-0.05, 0) is 17.7 Å². The van der Waals surface area contributed by atoms with Crippen LogP contribution in [0.1, 0.15) is 0 Å². The van der Waals surface area contributed by atoms with E-state index in [1.807, 2.05) is 42.5 Å². The quantitative estimate of drug-likeness (QED) is 0.643. The predicted octanol–water partition coefficient (Wildman–Crippen LogP) is 4.93. The number of aromatic nitrogens is 1. The van der Waals surface area contributed by atoms with Crippen molar-refractivity contribution in [3.63, 3.8) is 0 Å². The van der Waals surface area contributed by atoms with Crippen molar-refractivity contribution in [2.45, 2.75) is 0 Å². The molecule has 0 atom stereocenters. The normalized spacial score (nSPS) is 10.5. The van der Waals surface area contributed by atoms with E-state index in [4.69, 9.17) is 11.6 Å². The van der Waals surface area contributed by atoms with Crippen LogP contribution in [-0.2, 0) is 0 Å². The van der Waals surface area contributed by atoms with Crippen LogP contribution in [0.5, 0.6) is 0 Å². The Morgan fingerprint density at radius 3 is 2.33 bits per heavy atom. The molecule has 0 unspecified atom stereocenters. The molecule has 1 nitrogen and oxygen atoms in total. The molecule has 1 aromatic heterocycles. The second-order valence-electron chi connectivity index (χ2n) is 3.83. The smallest absolute Gasteiger partial charge is 0.124 e. The van der Waals surface area contributed by atoms with Crippen LogP contribution >= 0.6 is 22.9 Å². The zero-order valence-corrected chi connectivity index (χ0v) is 11.0. The van der Waals surface area contributed by atoms with Crippen LogP contribution in [0.3, 0.4) is 0 Å². The molecule has 2 aromatic carbocycles. The minimum Gasteiger partial charge on any atom is -0.234 e. The fourth-order valence-electron chi connectivity index (χ4n) is 1.67. The highest BCUT2D eigenvalue weighted by atomic mass is 35.5. The third-order valence-electron chi connectivity index (χ3n) is 2.58. The molecule has 3 rings (SSSR count). The monoisotopic (exact) mass is 270 g/mol. The van der Waals surface area contributed by atoms with Crippen LogP contribution in [-0.4, -0.2) is 4.98 Å². The molecule has 0 aliphatic heterocycles. The Kier molecular flexibility index (Phi) is 3.13. The molecule has 0 spiro atoms. The van der Waals surface area contributed by atoms with E-state index in [1.54, 1.807) is 11.3 Å². The average Bonchev–Trinajstić information content (AvgIpc) is 2.90. The fourth-order valence-corrected chi connectivity index (χ4v) is 2.68. The van der Waals surface area contributed by atoms with Crippen LogP contribution in [0, 0.1) is 6.20 Å². The third kappa shape index (κ3) is 2.30. The molecule has 1 heterocycles. The first kappa shape index (κ1) is 11.5. The van der Waals surface area contributed by atoms with Gasteiger partial charge >= 0.3 is 0 Å². The Morgan fingerprint density at radius 2 is 1.61 bits per heavy atom. The van der Waals surface area contributed by atoms with Gasteiger partial charge in [0.2, 0.25) is 0 Å². The zero-order chi connectivity index (χ0) is 12.4. The summed E-state index contributed by atoms with van der Waals surface area (Å²) in [6.07, 6.45) is 3.07. The zero-order valence-electron chi connectivity index (χ0n) is 9.43. The molecular formula is C15H9ClNS. The Bertz CT molecular complexity index is 644. The van der Waals surface area contributed by atoms with Crippen molar-refractivity contribution in [1.29, 1.82) is 0 Å². The standard InChI is InChI=1S/C15H9ClNS/c16-13-8-6-12(7-9-13)15-17-10-14(18-15)11-4-2-1-3-5-11/h1-9H. The molecule has 0 aliphatic carbocycles. The van der Waals surface area contributed by atoms with E-state index in [0.29, 0.717) is 0 Å². The summed E-state index contributed by atoms with van der Waals surface area (Å²) in [6.45, 7) is 0. The van der Waals surface area contributed by atoms with Gasteiger partial charge in [0.05, 0.1) is 4.88 Å². The summed E-state index contributed by atoms with van der Waals surface area (Å²) in [7, 11) is 0. The minimum absolute atomic E-state index is 0.738. The summed E-state index contributed by atoms with van der Waals surface area (Å²) in [5.74, 6) is 0. The van der Waals surface area contributed by atoms with Gasteiger partial charge in [-0.25, -0.2) is 4.98 Å². The summed E-state index contributed by atoms with van der Waals surface area (Å²) in [6, 6.07) is 17.9. The molecule has 18 heavy (non-hydrogen) atoms. The van der Waals surface area contributed by atoms with Crippen LogP contribution in [0.4, 0.5) is 0 Å². The summed E-state index contributed by atoms with van der Waals surface area (Å²) < 4.78 is 0. The van der Waals surface area contributed by atoms with Crippen molar-refractivity contribution in [2.24, 2.45) is 0 Å². The van der Waals surface area contributed by atoms with Crippen molar-refractivity contribution in [3.8, 4) is 21.0 Å². The summed E-state index contributed by atoms with van der Waals surface area (Å²) in [5, 5.41) is 1.70. The van der Waals surface area contributed by atoms with Gasteiger partial charge in [0.1, 0.15) is 11.2 Å². The van der Waals surface area contributed by atoms with Gasteiger partial charge in [0.25, 0.3) is 0 Å². The van der Waals surface area contributed by atoms with Gasteiger partial charge in [0, 0.05) is 10.6 Å². The highest BCUT2D eigenvalue weighted by molar-refractivity contribution is 7.18. The molecule has 0 saturated heterocycles. The third-order valence-corrected chi connectivity index (χ3v) is 3.89. The van der Waals surface area contributed by atoms with Gasteiger partial charge in [-0.15, -0.1) is 11.3 Å². The van der Waals surface area contributed by atoms with Crippen LogP contribution in [0.15, 0.2) is 54.6 Å². The molecule has 3 heteroatoms. The summed E-state index contributed by atoms with van der Waals surface area (Å²) in [5.41, 5.74) is 2.22. The number of hydrogen-bond donors (Lipinski definition) is 0. The predicted molar refractivity (Wildman–Crippen MR) is 76.8 cm³/mol. The topological polar surface area (TPSA) is 12.9 Å². The van der Waals surface area contributed by atoms with Crippen molar-refractivity contribution in [2.75, 3.05) is 0 Å². The average molecular weight is 271 g/mol. The number of rotatable bonds is 2. The first-order valence-electron chi connectivity index (χ1n) is 5.53. The van der Waals surface area contributed by atoms with E-state index >= 15 is 0 Å². The number of halogens is 1. The Labute approximate surface area is 115 Å². The summed E-state index contributed by atoms with van der Waals surface area (Å²) in [4.78, 5) is 5.40. The number of hydrogen-bond acceptors (Lipinski definition) is 2. The highest BCUT2D eigenvalue weighted by Crippen LogP contribution is 2.31. The SMILES string of the molecule is Clc1ccc(-c2n[c]c(-c3ccccc3)s2)cc1. The van der Waals surface area contributed by atoms with Gasteiger partial charge in [-0.3, -0.25) is 0 Å². The maximum Gasteiger partial charge on any atom is 0.124 e. The maximum atomic E-state index is 5.88. The number of nitrogens with zero attached hydrogens (tertiary/aromatic N) is 1. The van der Waals surface area contributed by atoms with Crippen LogP contribution in [0.2, 0.25) is 5.02 Å². The lowest BCUT2D eigenvalue weighted by Crippen LogP contribution is -1.73. The van der Waals surface area contributed by atoms with Gasteiger partial charge in [-0.2, -0.15) is 0 Å². The number of benzene rings is 2. The Balaban J connectivity index is 1.97. The molecule has 0 amide bonds. The minimum atomic E-state index is 0.738. The van der Waals surface area contributed by atoms with E-state index in [2.05, 4.69) is 23.3 Å². The molecule has 0 saturated carbocycles. The second-order valence-corrected chi connectivity index (χ2v) is 5.27. The molecular weight excluding hydrogens is 262 g/mol. The fraction of sp³-hybridized carbons (Fsp3) is 0. The van der Waals surface area contributed by atoms with Crippen molar-refractivity contribution in [3.05, 3.63) is 65.8 Å². The largest absolute Gasteiger partial charge is 0.234 e. The molecule has 0 fully saturated rings. The molecule has 87 valence electrons. The molecule has 0 bridgehead atoms. The molecule has 3 aromatic rings. The molecule has 0 aliphatic rings. The van der Waals surface area contributed by atoms with Crippen LogP contribution in [0.25, 0.3) is 21.0 Å². The lowest BCUT2D eigenvalue weighted by atomic mass is 10.2. The first-order chi connectivity index (χ1) is 8.83. The van der Waals surface area contributed by atoms with E-state index in [9.17, 15) is 0 Å². The van der Waals surface area contributed by atoms with Crippen LogP contribution < -0.4 is 0 Å². The Hall–Kier alpha value is -1.64. The van der Waals surface area contributed by atoms with Crippen molar-refractivity contribution >= 4 is 22.9 Å². The van der Waals surface area contributed by atoms with E-state index < -0.39 is 0 Å². The van der Waals surface area contributed by atoms with Crippen molar-refractivity contribution in [1.82, 2.24) is 4.98 Å². The maximum absolute atomic E-state index is 5.88. The van der Waals surface area contributed by atoms with Crippen molar-refractivity contribution < 1.29 is 0 Å². The number of thiazole rings is 1. The van der Waals surface area contributed by atoms with Gasteiger partial charge < -0.3 is 0 Å². The highest BCUT2D eigenvalue weighted by Gasteiger charge is 2.06. The van der Waals surface area contributed by atoms with Gasteiger partial charge in [0.15, 0.2) is 0 Å². The lowest BCUT2D eigenvalue weighted by molar-refractivity contribution is 1.40. The summed E-state index contributed by atoms with van der Waals surface area (Å²) >= 11 is 7.51.